The van der Waals surface area contributed by atoms with Crippen LogP contribution < -0.4 is 0 Å². The van der Waals surface area contributed by atoms with Gasteiger partial charge in [0.25, 0.3) is 0 Å². The lowest BCUT2D eigenvalue weighted by Gasteiger charge is -2.21. The molecule has 19 heteroatoms. The van der Waals surface area contributed by atoms with Gasteiger partial charge in [0.2, 0.25) is 0 Å². The van der Waals surface area contributed by atoms with Crippen LogP contribution in [-0.2, 0) is 65.4 Å². The lowest BCUT2D eigenvalue weighted by molar-refractivity contribution is -0.161. The first-order valence-electron chi connectivity index (χ1n) is 32.8. The Balaban J connectivity index is 5.15. The average Bonchev–Trinajstić information content (AvgIpc) is 3.44. The van der Waals surface area contributed by atoms with Gasteiger partial charge in [0.1, 0.15) is 19.3 Å². The van der Waals surface area contributed by atoms with Gasteiger partial charge in [-0.1, -0.05) is 265 Å². The number of phosphoric ester groups is 2. The molecule has 81 heavy (non-hydrogen) atoms. The minimum Gasteiger partial charge on any atom is -0.462 e. The molecule has 0 amide bonds. The first-order valence-corrected chi connectivity index (χ1v) is 35.8. The molecule has 0 radical (unpaired) electrons. The molecule has 0 bridgehead atoms. The summed E-state index contributed by atoms with van der Waals surface area (Å²) in [6.45, 7) is 4.78. The molecule has 5 atom stereocenters. The van der Waals surface area contributed by atoms with Crippen LogP contribution in [-0.4, -0.2) is 96.7 Å². The molecule has 17 nitrogen and oxygen atoms in total. The molecular formula is C62H120O17P2. The number of ether oxygens (including phenoxy) is 4. The van der Waals surface area contributed by atoms with Gasteiger partial charge in [-0.25, -0.2) is 9.13 Å². The Bertz CT molecular complexity index is 1570. The molecule has 0 saturated carbocycles. The predicted octanol–water partition coefficient (Wildman–Crippen LogP) is 17.2. The molecule has 480 valence electrons. The Morgan fingerprint density at radius 2 is 0.494 bits per heavy atom. The fourth-order valence-electron chi connectivity index (χ4n) is 9.28. The molecule has 0 rings (SSSR count). The quantitative estimate of drug-likeness (QED) is 0.0222. The van der Waals surface area contributed by atoms with Gasteiger partial charge in [-0.05, 0) is 25.7 Å². The zero-order valence-electron chi connectivity index (χ0n) is 51.7. The van der Waals surface area contributed by atoms with Crippen LogP contribution in [0.5, 0.6) is 0 Å². The van der Waals surface area contributed by atoms with E-state index in [9.17, 15) is 43.2 Å². The fourth-order valence-corrected chi connectivity index (χ4v) is 10.9. The number of carbonyl (C=O) groups is 4. The van der Waals surface area contributed by atoms with E-state index in [1.54, 1.807) is 0 Å². The molecule has 0 aromatic rings. The summed E-state index contributed by atoms with van der Waals surface area (Å²) in [5.41, 5.74) is 0. The van der Waals surface area contributed by atoms with Gasteiger partial charge in [-0.3, -0.25) is 37.3 Å². The Labute approximate surface area is 492 Å². The summed E-state index contributed by atoms with van der Waals surface area (Å²) in [5.74, 6) is -2.14. The predicted molar refractivity (Wildman–Crippen MR) is 322 cm³/mol. The van der Waals surface area contributed by atoms with Gasteiger partial charge in [-0.2, -0.15) is 0 Å². The van der Waals surface area contributed by atoms with Crippen LogP contribution in [0.1, 0.15) is 317 Å². The van der Waals surface area contributed by atoms with E-state index < -0.39 is 97.5 Å². The molecule has 3 N–H and O–H groups in total. The van der Waals surface area contributed by atoms with E-state index in [1.807, 2.05) is 0 Å². The van der Waals surface area contributed by atoms with Crippen molar-refractivity contribution < 1.29 is 80.2 Å². The van der Waals surface area contributed by atoms with E-state index in [0.717, 1.165) is 96.3 Å². The zero-order chi connectivity index (χ0) is 59.8. The second kappa shape index (κ2) is 57.2. The highest BCUT2D eigenvalue weighted by Gasteiger charge is 2.30. The zero-order valence-corrected chi connectivity index (χ0v) is 53.5. The van der Waals surface area contributed by atoms with Crippen LogP contribution in [0.15, 0.2) is 0 Å². The highest BCUT2D eigenvalue weighted by atomic mass is 31.2. The molecule has 0 fully saturated rings. The maximum absolute atomic E-state index is 12.9. The molecular weight excluding hydrogens is 1080 g/mol. The van der Waals surface area contributed by atoms with Gasteiger partial charge < -0.3 is 33.8 Å². The lowest BCUT2D eigenvalue weighted by Crippen LogP contribution is -2.30. The van der Waals surface area contributed by atoms with E-state index in [4.69, 9.17) is 37.0 Å². The third-order valence-electron chi connectivity index (χ3n) is 14.4. The van der Waals surface area contributed by atoms with E-state index in [-0.39, 0.29) is 25.7 Å². The summed E-state index contributed by atoms with van der Waals surface area (Å²) in [6.07, 6.45) is 42.0. The SMILES string of the molecule is CCCCCCCCCCCCCCCCCCC(=O)O[C@H](COC(=O)CCCCCCCCCCCC)COP(=O)(O)OC[C@@H](O)COP(=O)(O)OC[C@@H](COC(=O)CCCCCCC)OC(=O)CCCCCCCCCCCC. The van der Waals surface area contributed by atoms with Crippen LogP contribution >= 0.6 is 15.6 Å². The topological polar surface area (TPSA) is 237 Å². The number of aliphatic hydroxyl groups is 1. The second-order valence-corrected chi connectivity index (χ2v) is 25.4. The normalized spacial score (nSPS) is 14.2. The minimum absolute atomic E-state index is 0.106. The third-order valence-corrected chi connectivity index (χ3v) is 16.3. The number of unbranched alkanes of at least 4 members (excludes halogenated alkanes) is 37. The standard InChI is InChI=1S/C62H120O17P2/c1-5-9-13-17-20-23-26-27-28-29-30-31-34-37-41-45-49-62(67)79-58(53-73-60(65)47-43-39-35-32-24-21-18-14-10-6-2)55-77-81(70,71)75-51-56(63)50-74-80(68,69)76-54-57(52-72-59(64)46-42-38-16-12-8-4)78-61(66)48-44-40-36-33-25-22-19-15-11-7-3/h56-58,63H,5-55H2,1-4H3,(H,68,69)(H,70,71)/t56-,57+,58+/m0/s1. The second-order valence-electron chi connectivity index (χ2n) is 22.4. The van der Waals surface area contributed by atoms with Crippen LogP contribution in [0.25, 0.3) is 0 Å². The first-order chi connectivity index (χ1) is 39.2. The van der Waals surface area contributed by atoms with Gasteiger partial charge in [0, 0.05) is 25.7 Å². The number of aliphatic hydroxyl groups excluding tert-OH is 1. The molecule has 0 aliphatic carbocycles. The minimum atomic E-state index is -4.94. The van der Waals surface area contributed by atoms with Gasteiger partial charge in [0.15, 0.2) is 12.2 Å². The summed E-state index contributed by atoms with van der Waals surface area (Å²) in [5, 5.41) is 10.5. The highest BCUT2D eigenvalue weighted by molar-refractivity contribution is 7.47. The van der Waals surface area contributed by atoms with Gasteiger partial charge in [-0.15, -0.1) is 0 Å². The third kappa shape index (κ3) is 56.9. The van der Waals surface area contributed by atoms with Crippen LogP contribution in [0.2, 0.25) is 0 Å². The number of carbonyl (C=O) groups excluding carboxylic acids is 4. The maximum Gasteiger partial charge on any atom is 0.472 e. The Morgan fingerprint density at radius 3 is 0.728 bits per heavy atom. The van der Waals surface area contributed by atoms with Gasteiger partial charge >= 0.3 is 39.5 Å². The van der Waals surface area contributed by atoms with E-state index in [1.165, 1.54) is 141 Å². The number of hydrogen-bond donors (Lipinski definition) is 3. The summed E-state index contributed by atoms with van der Waals surface area (Å²) in [6, 6.07) is 0. The van der Waals surface area contributed by atoms with E-state index in [2.05, 4.69) is 27.7 Å². The molecule has 2 unspecified atom stereocenters. The number of rotatable bonds is 63. The van der Waals surface area contributed by atoms with Crippen molar-refractivity contribution in [3.05, 3.63) is 0 Å². The van der Waals surface area contributed by atoms with Crippen LogP contribution in [0.4, 0.5) is 0 Å². The van der Waals surface area contributed by atoms with Crippen molar-refractivity contribution in [2.45, 2.75) is 335 Å². The molecule has 0 saturated heterocycles. The molecule has 0 heterocycles. The number of esters is 4. The molecule has 0 aromatic heterocycles. The Hall–Kier alpha value is -1.94. The van der Waals surface area contributed by atoms with Crippen molar-refractivity contribution in [2.24, 2.45) is 0 Å². The molecule has 0 aliphatic rings. The number of phosphoric acid groups is 2. The summed E-state index contributed by atoms with van der Waals surface area (Å²) < 4.78 is 67.7. The van der Waals surface area contributed by atoms with Crippen molar-refractivity contribution in [2.75, 3.05) is 39.6 Å². The van der Waals surface area contributed by atoms with Crippen LogP contribution in [0, 0.1) is 0 Å². The summed E-state index contributed by atoms with van der Waals surface area (Å²) in [4.78, 5) is 71.8. The Kier molecular flexibility index (Phi) is 55.8. The van der Waals surface area contributed by atoms with Crippen molar-refractivity contribution in [1.29, 1.82) is 0 Å². The molecule has 0 aliphatic heterocycles. The lowest BCUT2D eigenvalue weighted by atomic mass is 10.0. The van der Waals surface area contributed by atoms with Crippen molar-refractivity contribution in [1.82, 2.24) is 0 Å². The molecule has 0 spiro atoms. The summed E-state index contributed by atoms with van der Waals surface area (Å²) >= 11 is 0. The largest absolute Gasteiger partial charge is 0.472 e. The maximum atomic E-state index is 12.9. The average molecular weight is 1200 g/mol. The van der Waals surface area contributed by atoms with Crippen molar-refractivity contribution in [3.8, 4) is 0 Å². The van der Waals surface area contributed by atoms with Gasteiger partial charge in [0.05, 0.1) is 26.4 Å². The Morgan fingerprint density at radius 1 is 0.296 bits per heavy atom. The van der Waals surface area contributed by atoms with E-state index in [0.29, 0.717) is 25.7 Å². The monoisotopic (exact) mass is 1200 g/mol. The van der Waals surface area contributed by atoms with E-state index >= 15 is 0 Å². The smallest absolute Gasteiger partial charge is 0.462 e. The molecule has 0 aromatic carbocycles. The summed E-state index contributed by atoms with van der Waals surface area (Å²) in [7, 11) is -9.87. The highest BCUT2D eigenvalue weighted by Crippen LogP contribution is 2.45. The fraction of sp³-hybridized carbons (Fsp3) is 0.935. The van der Waals surface area contributed by atoms with Crippen molar-refractivity contribution >= 4 is 39.5 Å². The van der Waals surface area contributed by atoms with Crippen molar-refractivity contribution in [3.63, 3.8) is 0 Å². The first kappa shape index (κ1) is 79.1. The van der Waals surface area contributed by atoms with Crippen LogP contribution in [0.3, 0.4) is 0 Å². The number of hydrogen-bond acceptors (Lipinski definition) is 15.